The van der Waals surface area contributed by atoms with Crippen LogP contribution in [0.2, 0.25) is 0 Å². The molecule has 8 nitrogen and oxygen atoms in total. The third kappa shape index (κ3) is 4.17. The van der Waals surface area contributed by atoms with E-state index in [1.165, 1.54) is 12.1 Å². The zero-order chi connectivity index (χ0) is 22.1. The minimum Gasteiger partial charge on any atom is -0.490 e. The van der Waals surface area contributed by atoms with Crippen molar-refractivity contribution >= 4 is 37.5 Å². The summed E-state index contributed by atoms with van der Waals surface area (Å²) in [5, 5.41) is 0.891. The van der Waals surface area contributed by atoms with Crippen molar-refractivity contribution in [3.63, 3.8) is 0 Å². The molecule has 2 aliphatic heterocycles. The largest absolute Gasteiger partial charge is 0.490 e. The average Bonchev–Trinajstić information content (AvgIpc) is 3.38. The molecule has 2 aromatic carbocycles. The van der Waals surface area contributed by atoms with Crippen LogP contribution in [0.3, 0.4) is 0 Å². The highest BCUT2D eigenvalue weighted by molar-refractivity contribution is 7.89. The van der Waals surface area contributed by atoms with E-state index >= 15 is 0 Å². The zero-order valence-electron chi connectivity index (χ0n) is 17.3. The van der Waals surface area contributed by atoms with E-state index in [2.05, 4.69) is 4.72 Å². The van der Waals surface area contributed by atoms with Crippen molar-refractivity contribution in [3.05, 3.63) is 47.5 Å². The fourth-order valence-electron chi connectivity index (χ4n) is 4.01. The molecule has 0 radical (unpaired) electrons. The number of rotatable bonds is 5. The first-order valence-electron chi connectivity index (χ1n) is 10.6. The Labute approximate surface area is 190 Å². The lowest BCUT2D eigenvalue weighted by Gasteiger charge is -2.23. The van der Waals surface area contributed by atoms with Crippen LogP contribution in [0.15, 0.2) is 47.4 Å². The number of carbonyl (C=O) groups excluding carboxylic acids is 1. The van der Waals surface area contributed by atoms with Crippen LogP contribution < -0.4 is 14.2 Å². The van der Waals surface area contributed by atoms with Crippen molar-refractivity contribution in [2.24, 2.45) is 0 Å². The third-order valence-corrected chi connectivity index (χ3v) is 8.15. The average molecular weight is 474 g/mol. The molecule has 0 bridgehead atoms. The van der Waals surface area contributed by atoms with Gasteiger partial charge in [0.15, 0.2) is 11.5 Å². The van der Waals surface area contributed by atoms with Gasteiger partial charge < -0.3 is 14.4 Å². The van der Waals surface area contributed by atoms with Crippen LogP contribution in [0, 0.1) is 0 Å². The lowest BCUT2D eigenvalue weighted by atomic mass is 10.2. The van der Waals surface area contributed by atoms with E-state index < -0.39 is 10.0 Å². The van der Waals surface area contributed by atoms with E-state index in [0.29, 0.717) is 31.3 Å². The van der Waals surface area contributed by atoms with Crippen molar-refractivity contribution in [2.45, 2.75) is 30.2 Å². The molecule has 1 aromatic heterocycles. The second kappa shape index (κ2) is 8.68. The summed E-state index contributed by atoms with van der Waals surface area (Å²) in [4.78, 5) is 19.4. The van der Waals surface area contributed by atoms with E-state index in [1.807, 2.05) is 24.3 Å². The number of hydrogen-bond acceptors (Lipinski definition) is 7. The summed E-state index contributed by atoms with van der Waals surface area (Å²) in [6.45, 7) is 1.27. The number of fused-ring (bicyclic) bond motifs is 2. The van der Waals surface area contributed by atoms with Gasteiger partial charge in [-0.05, 0) is 37.1 Å². The Morgan fingerprint density at radius 1 is 1.12 bits per heavy atom. The van der Waals surface area contributed by atoms with Gasteiger partial charge in [-0.15, -0.1) is 11.3 Å². The van der Waals surface area contributed by atoms with Crippen molar-refractivity contribution < 1.29 is 22.7 Å². The smallest absolute Gasteiger partial charge is 0.241 e. The summed E-state index contributed by atoms with van der Waals surface area (Å²) in [6, 6.07) is 12.2. The summed E-state index contributed by atoms with van der Waals surface area (Å²) in [5.74, 6) is 0.657. The molecule has 0 unspecified atom stereocenters. The number of likely N-dealkylation sites (tertiary alicyclic amines) is 1. The van der Waals surface area contributed by atoms with E-state index in [1.54, 1.807) is 22.3 Å². The summed E-state index contributed by atoms with van der Waals surface area (Å²) in [6.07, 6.45) is 2.41. The van der Waals surface area contributed by atoms with Crippen LogP contribution in [-0.4, -0.2) is 50.5 Å². The molecule has 1 amide bonds. The molecule has 2 aliphatic rings. The number of benzene rings is 2. The molecule has 3 aromatic rings. The number of amides is 1. The van der Waals surface area contributed by atoms with Crippen molar-refractivity contribution in [1.29, 1.82) is 0 Å². The van der Waals surface area contributed by atoms with Crippen molar-refractivity contribution in [3.8, 4) is 11.5 Å². The normalized spacial score (nSPS) is 18.6. The van der Waals surface area contributed by atoms with E-state index in [-0.39, 0.29) is 23.4 Å². The topological polar surface area (TPSA) is 97.8 Å². The fraction of sp³-hybridized carbons (Fsp3) is 0.364. The van der Waals surface area contributed by atoms with Gasteiger partial charge in [0.05, 0.1) is 40.9 Å². The Balaban J connectivity index is 1.28. The summed E-state index contributed by atoms with van der Waals surface area (Å²) in [7, 11) is -3.88. The number of thiazole rings is 1. The maximum atomic E-state index is 12.9. The van der Waals surface area contributed by atoms with Crippen LogP contribution in [0.4, 0.5) is 0 Å². The van der Waals surface area contributed by atoms with E-state index in [4.69, 9.17) is 14.5 Å². The first kappa shape index (κ1) is 21.2. The van der Waals surface area contributed by atoms with E-state index in [0.717, 1.165) is 34.5 Å². The van der Waals surface area contributed by atoms with Crippen LogP contribution in [0.5, 0.6) is 11.5 Å². The predicted molar refractivity (Wildman–Crippen MR) is 121 cm³/mol. The monoisotopic (exact) mass is 473 g/mol. The number of aromatic nitrogens is 1. The Morgan fingerprint density at radius 2 is 1.94 bits per heavy atom. The van der Waals surface area contributed by atoms with Crippen LogP contribution in [-0.2, 0) is 14.8 Å². The Hall–Kier alpha value is -2.69. The van der Waals surface area contributed by atoms with Crippen LogP contribution in [0.1, 0.15) is 30.3 Å². The molecule has 1 atom stereocenters. The second-order valence-electron chi connectivity index (χ2n) is 7.75. The molecule has 32 heavy (non-hydrogen) atoms. The summed E-state index contributed by atoms with van der Waals surface area (Å²) < 4.78 is 40.3. The fourth-order valence-corrected chi connectivity index (χ4v) is 6.11. The number of ether oxygens (including phenoxy) is 2. The van der Waals surface area contributed by atoms with Gasteiger partial charge in [-0.25, -0.2) is 18.1 Å². The highest BCUT2D eigenvalue weighted by atomic mass is 32.2. The van der Waals surface area contributed by atoms with E-state index in [9.17, 15) is 13.2 Å². The third-order valence-electron chi connectivity index (χ3n) is 5.61. The van der Waals surface area contributed by atoms with Gasteiger partial charge in [-0.2, -0.15) is 0 Å². The van der Waals surface area contributed by atoms with Gasteiger partial charge in [0, 0.05) is 19.0 Å². The van der Waals surface area contributed by atoms with Gasteiger partial charge in [0.2, 0.25) is 15.9 Å². The van der Waals surface area contributed by atoms with Gasteiger partial charge in [0.1, 0.15) is 5.01 Å². The number of hydrogen-bond donors (Lipinski definition) is 1. The van der Waals surface area contributed by atoms with Crippen molar-refractivity contribution in [2.75, 3.05) is 26.3 Å². The molecule has 1 fully saturated rings. The molecule has 3 heterocycles. The Bertz CT molecular complexity index is 1220. The lowest BCUT2D eigenvalue weighted by molar-refractivity contribution is -0.130. The predicted octanol–water partition coefficient (Wildman–Crippen LogP) is 3.10. The summed E-state index contributed by atoms with van der Waals surface area (Å²) in [5.41, 5.74) is 0.918. The number of nitrogens with zero attached hydrogens (tertiary/aromatic N) is 2. The molecular formula is C22H23N3O5S2. The number of para-hydroxylation sites is 1. The standard InChI is InChI=1S/C22H23N3O5S2/c26-21(25-10-3-6-17(25)22-24-16-5-1-2-7-20(16)31-22)14-23-32(27,28)15-8-9-18-19(13-15)30-12-4-11-29-18/h1-2,5,7-9,13,17,23H,3-4,6,10-12,14H2/t17-/m0/s1. The summed E-state index contributed by atoms with van der Waals surface area (Å²) >= 11 is 1.58. The zero-order valence-corrected chi connectivity index (χ0v) is 19.0. The molecular weight excluding hydrogens is 450 g/mol. The Kier molecular flexibility index (Phi) is 5.75. The molecule has 1 saturated heterocycles. The van der Waals surface area contributed by atoms with Gasteiger partial charge in [-0.3, -0.25) is 4.79 Å². The Morgan fingerprint density at radius 3 is 2.78 bits per heavy atom. The minimum atomic E-state index is -3.88. The van der Waals surface area contributed by atoms with Gasteiger partial charge >= 0.3 is 0 Å². The highest BCUT2D eigenvalue weighted by Crippen LogP contribution is 2.36. The molecule has 0 saturated carbocycles. The molecule has 168 valence electrons. The van der Waals surface area contributed by atoms with Crippen LogP contribution >= 0.6 is 11.3 Å². The maximum Gasteiger partial charge on any atom is 0.241 e. The maximum absolute atomic E-state index is 12.9. The highest BCUT2D eigenvalue weighted by Gasteiger charge is 2.32. The minimum absolute atomic E-state index is 0.0405. The number of nitrogens with one attached hydrogen (secondary N) is 1. The van der Waals surface area contributed by atoms with Gasteiger partial charge in [-0.1, -0.05) is 12.1 Å². The van der Waals surface area contributed by atoms with Gasteiger partial charge in [0.25, 0.3) is 0 Å². The molecule has 0 spiro atoms. The quantitative estimate of drug-likeness (QED) is 0.612. The molecule has 10 heteroatoms. The number of sulfonamides is 1. The first-order valence-corrected chi connectivity index (χ1v) is 12.9. The van der Waals surface area contributed by atoms with Crippen molar-refractivity contribution in [1.82, 2.24) is 14.6 Å². The molecule has 5 rings (SSSR count). The first-order chi connectivity index (χ1) is 15.5. The SMILES string of the molecule is O=C(CNS(=O)(=O)c1ccc2c(c1)OCCCO2)N1CCC[C@H]1c1nc2ccccc2s1. The number of carbonyl (C=O) groups is 1. The molecule has 1 N–H and O–H groups in total. The lowest BCUT2D eigenvalue weighted by Crippen LogP contribution is -2.39. The molecule has 0 aliphatic carbocycles. The van der Waals surface area contributed by atoms with Crippen LogP contribution in [0.25, 0.3) is 10.2 Å². The second-order valence-corrected chi connectivity index (χ2v) is 10.6.